The number of rotatable bonds is 2. The van der Waals surface area contributed by atoms with Crippen LogP contribution < -0.4 is 10.5 Å². The summed E-state index contributed by atoms with van der Waals surface area (Å²) in [6, 6.07) is 13.0. The molecule has 0 aliphatic carbocycles. The lowest BCUT2D eigenvalue weighted by atomic mass is 10.1. The molecule has 2 N–H and O–H groups in total. The molecule has 0 atom stereocenters. The molecular weight excluding hydrogens is 224 g/mol. The Labute approximate surface area is 106 Å². The number of aryl methyl sites for hydroxylation is 2. The molecule has 0 saturated heterocycles. The number of ether oxygens (including phenoxy) is 1. The van der Waals surface area contributed by atoms with Gasteiger partial charge in [0.25, 0.3) is 0 Å². The van der Waals surface area contributed by atoms with E-state index in [1.807, 2.05) is 38.1 Å². The monoisotopic (exact) mass is 238 g/mol. The molecular formula is C15H14N2O. The molecule has 2 rings (SSSR count). The Balaban J connectivity index is 2.33. The average Bonchev–Trinajstić information content (AvgIpc) is 2.36. The first-order valence-corrected chi connectivity index (χ1v) is 5.65. The van der Waals surface area contributed by atoms with Crippen molar-refractivity contribution in [3.05, 3.63) is 53.1 Å². The Morgan fingerprint density at radius 2 is 1.83 bits per heavy atom. The molecule has 0 fully saturated rings. The highest BCUT2D eigenvalue weighted by molar-refractivity contribution is 5.51. The zero-order valence-electron chi connectivity index (χ0n) is 10.4. The van der Waals surface area contributed by atoms with E-state index in [1.165, 1.54) is 0 Å². The summed E-state index contributed by atoms with van der Waals surface area (Å²) in [6.07, 6.45) is 0. The molecule has 90 valence electrons. The van der Waals surface area contributed by atoms with E-state index in [0.29, 0.717) is 11.3 Å². The molecule has 0 bridgehead atoms. The quantitative estimate of drug-likeness (QED) is 0.814. The second-order valence-corrected chi connectivity index (χ2v) is 4.21. The summed E-state index contributed by atoms with van der Waals surface area (Å²) in [5.41, 5.74) is 9.05. The molecule has 0 aromatic heterocycles. The third-order valence-electron chi connectivity index (χ3n) is 2.79. The van der Waals surface area contributed by atoms with Crippen molar-refractivity contribution in [2.75, 3.05) is 5.73 Å². The van der Waals surface area contributed by atoms with Crippen LogP contribution in [0.1, 0.15) is 16.7 Å². The van der Waals surface area contributed by atoms with E-state index in [1.54, 1.807) is 12.1 Å². The van der Waals surface area contributed by atoms with Gasteiger partial charge in [0.2, 0.25) is 0 Å². The van der Waals surface area contributed by atoms with Crippen molar-refractivity contribution in [2.45, 2.75) is 13.8 Å². The van der Waals surface area contributed by atoms with Crippen LogP contribution in [0.4, 0.5) is 5.69 Å². The third kappa shape index (κ3) is 2.44. The lowest BCUT2D eigenvalue weighted by Crippen LogP contribution is -1.92. The molecule has 0 amide bonds. The smallest absolute Gasteiger partial charge is 0.131 e. The highest BCUT2D eigenvalue weighted by atomic mass is 16.5. The van der Waals surface area contributed by atoms with Crippen LogP contribution in [0, 0.1) is 25.2 Å². The fraction of sp³-hybridized carbons (Fsp3) is 0.133. The molecule has 0 unspecified atom stereocenters. The molecule has 0 radical (unpaired) electrons. The van der Waals surface area contributed by atoms with Crippen LogP contribution in [0.3, 0.4) is 0 Å². The highest BCUT2D eigenvalue weighted by Gasteiger charge is 2.04. The van der Waals surface area contributed by atoms with Gasteiger partial charge in [-0.05, 0) is 55.3 Å². The van der Waals surface area contributed by atoms with Crippen molar-refractivity contribution < 1.29 is 4.74 Å². The van der Waals surface area contributed by atoms with Gasteiger partial charge in [0.05, 0.1) is 11.6 Å². The van der Waals surface area contributed by atoms with Gasteiger partial charge in [-0.2, -0.15) is 5.26 Å². The number of nitrogens with two attached hydrogens (primary N) is 1. The lowest BCUT2D eigenvalue weighted by molar-refractivity contribution is 0.478. The third-order valence-corrected chi connectivity index (χ3v) is 2.79. The fourth-order valence-corrected chi connectivity index (χ4v) is 1.62. The number of benzene rings is 2. The van der Waals surface area contributed by atoms with Crippen LogP contribution >= 0.6 is 0 Å². The minimum absolute atomic E-state index is 0.586. The molecule has 2 aromatic rings. The maximum atomic E-state index is 8.88. The predicted molar refractivity (Wildman–Crippen MR) is 71.6 cm³/mol. The largest absolute Gasteiger partial charge is 0.457 e. The number of nitrogen functional groups attached to an aromatic ring is 1. The summed E-state index contributed by atoms with van der Waals surface area (Å²) >= 11 is 0. The standard InChI is InChI=1S/C15H14N2O/c1-10-3-4-12(9-16)8-15(10)18-13-5-6-14(17)11(2)7-13/h3-8H,17H2,1-2H3. The summed E-state index contributed by atoms with van der Waals surface area (Å²) in [7, 11) is 0. The summed E-state index contributed by atoms with van der Waals surface area (Å²) < 4.78 is 5.78. The van der Waals surface area contributed by atoms with Gasteiger partial charge < -0.3 is 10.5 Å². The lowest BCUT2D eigenvalue weighted by Gasteiger charge is -2.10. The maximum Gasteiger partial charge on any atom is 0.131 e. The summed E-state index contributed by atoms with van der Waals surface area (Å²) in [5.74, 6) is 1.41. The van der Waals surface area contributed by atoms with Crippen molar-refractivity contribution in [1.82, 2.24) is 0 Å². The Hall–Kier alpha value is -2.47. The molecule has 18 heavy (non-hydrogen) atoms. The second-order valence-electron chi connectivity index (χ2n) is 4.21. The number of hydrogen-bond acceptors (Lipinski definition) is 3. The molecule has 0 aliphatic rings. The molecule has 0 saturated carbocycles. The van der Waals surface area contributed by atoms with Gasteiger partial charge in [-0.3, -0.25) is 0 Å². The number of anilines is 1. The van der Waals surface area contributed by atoms with Crippen LogP contribution in [-0.2, 0) is 0 Å². The Morgan fingerprint density at radius 1 is 1.06 bits per heavy atom. The first-order chi connectivity index (χ1) is 8.60. The molecule has 0 heterocycles. The highest BCUT2D eigenvalue weighted by Crippen LogP contribution is 2.27. The van der Waals surface area contributed by atoms with Gasteiger partial charge in [-0.15, -0.1) is 0 Å². The Bertz CT molecular complexity index is 627. The van der Waals surface area contributed by atoms with Crippen molar-refractivity contribution in [2.24, 2.45) is 0 Å². The van der Waals surface area contributed by atoms with Gasteiger partial charge in [0, 0.05) is 5.69 Å². The van der Waals surface area contributed by atoms with E-state index in [0.717, 1.165) is 22.6 Å². The second kappa shape index (κ2) is 4.80. The Morgan fingerprint density at radius 3 is 2.50 bits per heavy atom. The van der Waals surface area contributed by atoms with Gasteiger partial charge >= 0.3 is 0 Å². The number of nitrogens with zero attached hydrogens (tertiary/aromatic N) is 1. The summed E-state index contributed by atoms with van der Waals surface area (Å²) in [5, 5.41) is 8.88. The van der Waals surface area contributed by atoms with E-state index < -0.39 is 0 Å². The van der Waals surface area contributed by atoms with Crippen LogP contribution in [0.25, 0.3) is 0 Å². The van der Waals surface area contributed by atoms with E-state index in [4.69, 9.17) is 15.7 Å². The minimum atomic E-state index is 0.586. The molecule has 0 spiro atoms. The van der Waals surface area contributed by atoms with Crippen LogP contribution in [0.15, 0.2) is 36.4 Å². The summed E-state index contributed by atoms with van der Waals surface area (Å²) in [4.78, 5) is 0. The minimum Gasteiger partial charge on any atom is -0.457 e. The van der Waals surface area contributed by atoms with E-state index >= 15 is 0 Å². The number of hydrogen-bond donors (Lipinski definition) is 1. The number of nitriles is 1. The van der Waals surface area contributed by atoms with Crippen LogP contribution in [0.5, 0.6) is 11.5 Å². The fourth-order valence-electron chi connectivity index (χ4n) is 1.62. The zero-order chi connectivity index (χ0) is 13.1. The topological polar surface area (TPSA) is 59.0 Å². The van der Waals surface area contributed by atoms with Gasteiger partial charge in [0.15, 0.2) is 0 Å². The predicted octanol–water partition coefficient (Wildman–Crippen LogP) is 3.55. The molecule has 2 aromatic carbocycles. The van der Waals surface area contributed by atoms with Crippen LogP contribution in [0.2, 0.25) is 0 Å². The van der Waals surface area contributed by atoms with Crippen molar-refractivity contribution in [3.63, 3.8) is 0 Å². The van der Waals surface area contributed by atoms with Crippen molar-refractivity contribution >= 4 is 5.69 Å². The average molecular weight is 238 g/mol. The first-order valence-electron chi connectivity index (χ1n) is 5.65. The molecule has 0 aliphatic heterocycles. The van der Waals surface area contributed by atoms with E-state index in [-0.39, 0.29) is 0 Å². The first kappa shape index (κ1) is 12.0. The molecule has 3 nitrogen and oxygen atoms in total. The van der Waals surface area contributed by atoms with Gasteiger partial charge in [-0.1, -0.05) is 6.07 Å². The Kier molecular flexibility index (Phi) is 3.20. The van der Waals surface area contributed by atoms with Crippen molar-refractivity contribution in [3.8, 4) is 17.6 Å². The maximum absolute atomic E-state index is 8.88. The van der Waals surface area contributed by atoms with Gasteiger partial charge in [-0.25, -0.2) is 0 Å². The van der Waals surface area contributed by atoms with E-state index in [2.05, 4.69) is 6.07 Å². The molecule has 3 heteroatoms. The van der Waals surface area contributed by atoms with Crippen molar-refractivity contribution in [1.29, 1.82) is 5.26 Å². The van der Waals surface area contributed by atoms with Crippen LogP contribution in [-0.4, -0.2) is 0 Å². The summed E-state index contributed by atoms with van der Waals surface area (Å²) in [6.45, 7) is 3.88. The normalized spacial score (nSPS) is 9.83. The zero-order valence-corrected chi connectivity index (χ0v) is 10.4. The SMILES string of the molecule is Cc1cc(Oc2cc(C#N)ccc2C)ccc1N. The van der Waals surface area contributed by atoms with Gasteiger partial charge in [0.1, 0.15) is 11.5 Å². The van der Waals surface area contributed by atoms with E-state index in [9.17, 15) is 0 Å².